The lowest BCUT2D eigenvalue weighted by atomic mass is 10.1. The summed E-state index contributed by atoms with van der Waals surface area (Å²) in [6.07, 6.45) is 1.96. The monoisotopic (exact) mass is 328 g/mol. The molecule has 1 saturated heterocycles. The highest BCUT2D eigenvalue weighted by molar-refractivity contribution is 7.91. The summed E-state index contributed by atoms with van der Waals surface area (Å²) in [4.78, 5) is 13.7. The number of benzene rings is 1. The zero-order valence-electron chi connectivity index (χ0n) is 12.8. The van der Waals surface area contributed by atoms with E-state index in [4.69, 9.17) is 0 Å². The van der Waals surface area contributed by atoms with E-state index >= 15 is 0 Å². The Labute approximate surface area is 130 Å². The first-order chi connectivity index (χ1) is 10.4. The number of halogens is 1. The quantitative estimate of drug-likeness (QED) is 0.924. The molecule has 1 atom stereocenters. The van der Waals surface area contributed by atoms with Gasteiger partial charge in [-0.25, -0.2) is 17.6 Å². The van der Waals surface area contributed by atoms with E-state index in [0.717, 1.165) is 25.0 Å². The zero-order valence-corrected chi connectivity index (χ0v) is 13.6. The minimum atomic E-state index is -3.61. The van der Waals surface area contributed by atoms with Crippen molar-refractivity contribution in [1.29, 1.82) is 0 Å². The van der Waals surface area contributed by atoms with Crippen molar-refractivity contribution in [2.45, 2.75) is 31.6 Å². The first kappa shape index (κ1) is 16.7. The van der Waals surface area contributed by atoms with Gasteiger partial charge in [-0.15, -0.1) is 0 Å². The van der Waals surface area contributed by atoms with Crippen molar-refractivity contribution in [3.8, 4) is 0 Å². The van der Waals surface area contributed by atoms with Gasteiger partial charge in [-0.3, -0.25) is 0 Å². The van der Waals surface area contributed by atoms with Gasteiger partial charge in [-0.1, -0.05) is 20.3 Å². The predicted molar refractivity (Wildman–Crippen MR) is 83.1 cm³/mol. The standard InChI is InChI=1S/C15H21FN2O3S/c1-3-11-7-8-18(10-11)15(19)17-13-6-5-12(16)9-14(13)22(20,21)4-2/h5-6,9,11H,3-4,7-8,10H2,1-2H3,(H,17,19). The maximum Gasteiger partial charge on any atom is 0.321 e. The second-order valence-corrected chi connectivity index (χ2v) is 7.73. The Kier molecular flexibility index (Phi) is 5.05. The van der Waals surface area contributed by atoms with Crippen molar-refractivity contribution in [3.05, 3.63) is 24.0 Å². The number of amides is 2. The summed E-state index contributed by atoms with van der Waals surface area (Å²) in [6.45, 7) is 4.89. The Morgan fingerprint density at radius 1 is 1.41 bits per heavy atom. The molecule has 0 spiro atoms. The smallest absolute Gasteiger partial charge is 0.321 e. The van der Waals surface area contributed by atoms with Crippen molar-refractivity contribution >= 4 is 21.6 Å². The topological polar surface area (TPSA) is 66.5 Å². The van der Waals surface area contributed by atoms with Gasteiger partial charge in [0.1, 0.15) is 5.82 Å². The van der Waals surface area contributed by atoms with Crippen LogP contribution in [0.25, 0.3) is 0 Å². The predicted octanol–water partition coefficient (Wildman–Crippen LogP) is 2.88. The molecule has 5 nitrogen and oxygen atoms in total. The number of likely N-dealkylation sites (tertiary alicyclic amines) is 1. The molecule has 2 rings (SSSR count). The summed E-state index contributed by atoms with van der Waals surface area (Å²) in [5.74, 6) is -0.309. The van der Waals surface area contributed by atoms with Crippen molar-refractivity contribution in [3.63, 3.8) is 0 Å². The molecular weight excluding hydrogens is 307 g/mol. The van der Waals surface area contributed by atoms with Crippen LogP contribution in [0.1, 0.15) is 26.7 Å². The number of hydrogen-bond acceptors (Lipinski definition) is 3. The highest BCUT2D eigenvalue weighted by Crippen LogP contribution is 2.25. The molecule has 0 aromatic heterocycles. The lowest BCUT2D eigenvalue weighted by molar-refractivity contribution is 0.220. The maximum atomic E-state index is 13.4. The average Bonchev–Trinajstić information content (AvgIpc) is 2.98. The van der Waals surface area contributed by atoms with E-state index in [1.54, 1.807) is 4.90 Å². The number of rotatable bonds is 4. The van der Waals surface area contributed by atoms with Gasteiger partial charge < -0.3 is 10.2 Å². The highest BCUT2D eigenvalue weighted by atomic mass is 32.2. The second-order valence-electron chi connectivity index (χ2n) is 5.48. The molecule has 1 fully saturated rings. The van der Waals surface area contributed by atoms with Gasteiger partial charge in [-0.2, -0.15) is 0 Å². The highest BCUT2D eigenvalue weighted by Gasteiger charge is 2.26. The lowest BCUT2D eigenvalue weighted by Crippen LogP contribution is -2.33. The van der Waals surface area contributed by atoms with Crippen LogP contribution in [-0.2, 0) is 9.84 Å². The molecule has 1 N–H and O–H groups in total. The van der Waals surface area contributed by atoms with Crippen LogP contribution in [-0.4, -0.2) is 38.2 Å². The minimum absolute atomic E-state index is 0.133. The molecule has 7 heteroatoms. The van der Waals surface area contributed by atoms with Crippen molar-refractivity contribution in [1.82, 2.24) is 4.90 Å². The third-order valence-corrected chi connectivity index (χ3v) is 5.82. The summed E-state index contributed by atoms with van der Waals surface area (Å²) in [5, 5.41) is 2.61. The molecule has 0 saturated carbocycles. The first-order valence-corrected chi connectivity index (χ1v) is 9.10. The number of anilines is 1. The summed E-state index contributed by atoms with van der Waals surface area (Å²) < 4.78 is 37.4. The molecule has 1 aromatic rings. The van der Waals surface area contributed by atoms with Gasteiger partial charge in [0.15, 0.2) is 9.84 Å². The van der Waals surface area contributed by atoms with Crippen LogP contribution in [0, 0.1) is 11.7 Å². The normalized spacial score (nSPS) is 18.5. The third-order valence-electron chi connectivity index (χ3n) is 4.05. The van der Waals surface area contributed by atoms with E-state index in [1.807, 2.05) is 0 Å². The molecule has 2 amide bonds. The number of urea groups is 1. The molecule has 1 aromatic carbocycles. The van der Waals surface area contributed by atoms with Crippen LogP contribution in [0.3, 0.4) is 0 Å². The fraction of sp³-hybridized carbons (Fsp3) is 0.533. The van der Waals surface area contributed by atoms with Crippen LogP contribution in [0.4, 0.5) is 14.9 Å². The van der Waals surface area contributed by atoms with Crippen LogP contribution >= 0.6 is 0 Å². The number of carbonyl (C=O) groups is 1. The zero-order chi connectivity index (χ0) is 16.3. The van der Waals surface area contributed by atoms with Gasteiger partial charge in [0.25, 0.3) is 0 Å². The molecule has 0 aliphatic carbocycles. The van der Waals surface area contributed by atoms with Gasteiger partial charge in [-0.05, 0) is 30.5 Å². The fourth-order valence-corrected chi connectivity index (χ4v) is 3.61. The molecule has 1 heterocycles. The Balaban J connectivity index is 2.21. The van der Waals surface area contributed by atoms with Crippen LogP contribution in [0.15, 0.2) is 23.1 Å². The Hall–Kier alpha value is -1.63. The summed E-state index contributed by atoms with van der Waals surface area (Å²) in [7, 11) is -3.61. The molecule has 122 valence electrons. The van der Waals surface area contributed by atoms with Crippen molar-refractivity contribution in [2.75, 3.05) is 24.2 Å². The molecule has 0 bridgehead atoms. The minimum Gasteiger partial charge on any atom is -0.324 e. The van der Waals surface area contributed by atoms with Gasteiger partial charge >= 0.3 is 6.03 Å². The van der Waals surface area contributed by atoms with Gasteiger partial charge in [0.05, 0.1) is 16.3 Å². The van der Waals surface area contributed by atoms with E-state index in [9.17, 15) is 17.6 Å². The number of carbonyl (C=O) groups excluding carboxylic acids is 1. The van der Waals surface area contributed by atoms with E-state index in [1.165, 1.54) is 13.0 Å². The largest absolute Gasteiger partial charge is 0.324 e. The molecule has 1 aliphatic rings. The number of nitrogens with one attached hydrogen (secondary N) is 1. The first-order valence-electron chi connectivity index (χ1n) is 7.45. The van der Waals surface area contributed by atoms with Crippen molar-refractivity contribution < 1.29 is 17.6 Å². The maximum absolute atomic E-state index is 13.4. The van der Waals surface area contributed by atoms with Gasteiger partial charge in [0.2, 0.25) is 0 Å². The van der Waals surface area contributed by atoms with Crippen molar-refractivity contribution in [2.24, 2.45) is 5.92 Å². The summed E-state index contributed by atoms with van der Waals surface area (Å²) in [5.41, 5.74) is 0.133. The van der Waals surface area contributed by atoms with Crippen LogP contribution < -0.4 is 5.32 Å². The molecular formula is C15H21FN2O3S. The molecule has 0 radical (unpaired) electrons. The fourth-order valence-electron chi connectivity index (χ4n) is 2.56. The lowest BCUT2D eigenvalue weighted by Gasteiger charge is -2.18. The van der Waals surface area contributed by atoms with Crippen LogP contribution in [0.2, 0.25) is 0 Å². The van der Waals surface area contributed by atoms with E-state index < -0.39 is 15.7 Å². The number of nitrogens with zero attached hydrogens (tertiary/aromatic N) is 1. The van der Waals surface area contributed by atoms with E-state index in [-0.39, 0.29) is 22.4 Å². The Bertz CT molecular complexity index is 661. The Morgan fingerprint density at radius 2 is 2.14 bits per heavy atom. The van der Waals surface area contributed by atoms with E-state index in [2.05, 4.69) is 12.2 Å². The summed E-state index contributed by atoms with van der Waals surface area (Å²) in [6, 6.07) is 3.05. The molecule has 1 unspecified atom stereocenters. The van der Waals surface area contributed by atoms with E-state index in [0.29, 0.717) is 19.0 Å². The molecule has 22 heavy (non-hydrogen) atoms. The third kappa shape index (κ3) is 3.58. The SMILES string of the molecule is CCC1CCN(C(=O)Nc2ccc(F)cc2S(=O)(=O)CC)C1. The molecule has 1 aliphatic heterocycles. The number of sulfone groups is 1. The van der Waals surface area contributed by atoms with Crippen LogP contribution in [0.5, 0.6) is 0 Å². The summed E-state index contributed by atoms with van der Waals surface area (Å²) >= 11 is 0. The van der Waals surface area contributed by atoms with Gasteiger partial charge in [0, 0.05) is 13.1 Å². The average molecular weight is 328 g/mol. The number of hydrogen-bond donors (Lipinski definition) is 1. The Morgan fingerprint density at radius 3 is 2.73 bits per heavy atom. The second kappa shape index (κ2) is 6.64.